The zero-order chi connectivity index (χ0) is 16.8. The van der Waals surface area contributed by atoms with Gasteiger partial charge in [0.15, 0.2) is 0 Å². The van der Waals surface area contributed by atoms with Gasteiger partial charge in [-0.2, -0.15) is 0 Å². The highest BCUT2D eigenvalue weighted by Crippen LogP contribution is 2.28. The van der Waals surface area contributed by atoms with Crippen LogP contribution in [0.25, 0.3) is 0 Å². The van der Waals surface area contributed by atoms with Crippen LogP contribution in [0.1, 0.15) is 45.7 Å². The zero-order valence-corrected chi connectivity index (χ0v) is 13.6. The highest BCUT2D eigenvalue weighted by atomic mass is 16.5. The monoisotopic (exact) mass is 292 g/mol. The molecule has 0 spiro atoms. The molecular formula is C17H24O4. The number of hydrogen-bond acceptors (Lipinski definition) is 3. The minimum Gasteiger partial charge on any atom is -0.478 e. The van der Waals surface area contributed by atoms with Crippen molar-refractivity contribution in [1.29, 1.82) is 0 Å². The SMILES string of the molecule is C=C(C)C(=O)O.CC(=O)Oc1cc(C(C)(C)C)ccc1C. The molecule has 0 aliphatic rings. The van der Waals surface area contributed by atoms with Crippen molar-refractivity contribution >= 4 is 11.9 Å². The predicted molar refractivity (Wildman–Crippen MR) is 83.6 cm³/mol. The third-order valence-electron chi connectivity index (χ3n) is 2.67. The summed E-state index contributed by atoms with van der Waals surface area (Å²) in [6.45, 7) is 14.4. The van der Waals surface area contributed by atoms with Crippen molar-refractivity contribution in [3.05, 3.63) is 41.5 Å². The van der Waals surface area contributed by atoms with Crippen LogP contribution in [-0.2, 0) is 15.0 Å². The van der Waals surface area contributed by atoms with Gasteiger partial charge in [-0.15, -0.1) is 0 Å². The first-order valence-electron chi connectivity index (χ1n) is 6.63. The van der Waals surface area contributed by atoms with E-state index in [1.165, 1.54) is 19.4 Å². The summed E-state index contributed by atoms with van der Waals surface area (Å²) in [5, 5.41) is 7.89. The first-order valence-corrected chi connectivity index (χ1v) is 6.63. The number of carbonyl (C=O) groups excluding carboxylic acids is 1. The Bertz CT molecular complexity index is 524. The molecule has 1 aromatic carbocycles. The maximum absolute atomic E-state index is 10.9. The Morgan fingerprint density at radius 3 is 2.00 bits per heavy atom. The first kappa shape index (κ1) is 18.9. The molecule has 0 heterocycles. The van der Waals surface area contributed by atoms with E-state index in [4.69, 9.17) is 9.84 Å². The smallest absolute Gasteiger partial charge is 0.330 e. The van der Waals surface area contributed by atoms with Crippen molar-refractivity contribution in [3.8, 4) is 5.75 Å². The summed E-state index contributed by atoms with van der Waals surface area (Å²) in [6.07, 6.45) is 0. The van der Waals surface area contributed by atoms with Crippen molar-refractivity contribution in [1.82, 2.24) is 0 Å². The van der Waals surface area contributed by atoms with Crippen LogP contribution in [0.2, 0.25) is 0 Å². The lowest BCUT2D eigenvalue weighted by Gasteiger charge is -2.20. The summed E-state index contributed by atoms with van der Waals surface area (Å²) in [7, 11) is 0. The lowest BCUT2D eigenvalue weighted by Crippen LogP contribution is -2.12. The molecular weight excluding hydrogens is 268 g/mol. The summed E-state index contributed by atoms with van der Waals surface area (Å²) in [5.74, 6) is -0.547. The molecule has 0 amide bonds. The highest BCUT2D eigenvalue weighted by molar-refractivity contribution is 5.84. The van der Waals surface area contributed by atoms with E-state index in [9.17, 15) is 9.59 Å². The largest absolute Gasteiger partial charge is 0.478 e. The van der Waals surface area contributed by atoms with Crippen LogP contribution in [-0.4, -0.2) is 17.0 Å². The molecule has 116 valence electrons. The van der Waals surface area contributed by atoms with Gasteiger partial charge in [0, 0.05) is 12.5 Å². The van der Waals surface area contributed by atoms with Crippen molar-refractivity contribution < 1.29 is 19.4 Å². The minimum absolute atomic E-state index is 0.0720. The lowest BCUT2D eigenvalue weighted by atomic mass is 9.86. The molecule has 0 aliphatic carbocycles. The van der Waals surface area contributed by atoms with Gasteiger partial charge < -0.3 is 9.84 Å². The number of carboxylic acids is 1. The van der Waals surface area contributed by atoms with Gasteiger partial charge in [-0.25, -0.2) is 4.79 Å². The van der Waals surface area contributed by atoms with Gasteiger partial charge in [0.2, 0.25) is 0 Å². The summed E-state index contributed by atoms with van der Waals surface area (Å²) in [5.41, 5.74) is 2.40. The molecule has 1 aromatic rings. The molecule has 4 heteroatoms. The number of aryl methyl sites for hydroxylation is 1. The second kappa shape index (κ2) is 7.62. The number of aliphatic carboxylic acids is 1. The number of carbonyl (C=O) groups is 2. The maximum atomic E-state index is 10.9. The quantitative estimate of drug-likeness (QED) is 0.510. The second-order valence-electron chi connectivity index (χ2n) is 5.91. The molecule has 0 saturated heterocycles. The summed E-state index contributed by atoms with van der Waals surface area (Å²) < 4.78 is 5.14. The predicted octanol–water partition coefficient (Wildman–Crippen LogP) is 3.86. The average Bonchev–Trinajstić information content (AvgIpc) is 2.30. The number of hydrogen-bond donors (Lipinski definition) is 1. The fourth-order valence-corrected chi connectivity index (χ4v) is 1.33. The van der Waals surface area contributed by atoms with Crippen molar-refractivity contribution in [2.24, 2.45) is 0 Å². The van der Waals surface area contributed by atoms with Crippen LogP contribution in [0, 0.1) is 6.92 Å². The number of rotatable bonds is 2. The fraction of sp³-hybridized carbons (Fsp3) is 0.412. The van der Waals surface area contributed by atoms with E-state index in [2.05, 4.69) is 33.4 Å². The van der Waals surface area contributed by atoms with Crippen molar-refractivity contribution in [2.75, 3.05) is 0 Å². The molecule has 0 aromatic heterocycles. The third-order valence-corrected chi connectivity index (χ3v) is 2.67. The molecule has 4 nitrogen and oxygen atoms in total. The third kappa shape index (κ3) is 7.30. The number of benzene rings is 1. The molecule has 0 bridgehead atoms. The number of esters is 1. The van der Waals surface area contributed by atoms with E-state index in [1.54, 1.807) is 0 Å². The Labute approximate surface area is 126 Å². The molecule has 0 atom stereocenters. The van der Waals surface area contributed by atoms with E-state index >= 15 is 0 Å². The van der Waals surface area contributed by atoms with Gasteiger partial charge in [0.05, 0.1) is 0 Å². The van der Waals surface area contributed by atoms with Gasteiger partial charge in [0.1, 0.15) is 5.75 Å². The molecule has 1 N–H and O–H groups in total. The summed E-state index contributed by atoms with van der Waals surface area (Å²) in [6, 6.07) is 6.00. The fourth-order valence-electron chi connectivity index (χ4n) is 1.33. The van der Waals surface area contributed by atoms with Crippen LogP contribution in [0.4, 0.5) is 0 Å². The summed E-state index contributed by atoms with van der Waals surface area (Å²) >= 11 is 0. The van der Waals surface area contributed by atoms with E-state index in [-0.39, 0.29) is 17.0 Å². The van der Waals surface area contributed by atoms with E-state index in [0.29, 0.717) is 5.75 Å². The van der Waals surface area contributed by atoms with Crippen molar-refractivity contribution in [3.63, 3.8) is 0 Å². The van der Waals surface area contributed by atoms with Gasteiger partial charge >= 0.3 is 11.9 Å². The Kier molecular flexibility index (Phi) is 6.86. The van der Waals surface area contributed by atoms with Gasteiger partial charge in [-0.1, -0.05) is 39.5 Å². The Morgan fingerprint density at radius 2 is 1.67 bits per heavy atom. The van der Waals surface area contributed by atoms with Gasteiger partial charge in [-0.05, 0) is 36.5 Å². The van der Waals surface area contributed by atoms with Crippen LogP contribution in [0.5, 0.6) is 5.75 Å². The van der Waals surface area contributed by atoms with E-state index in [0.717, 1.165) is 5.56 Å². The topological polar surface area (TPSA) is 63.6 Å². The van der Waals surface area contributed by atoms with Gasteiger partial charge in [-0.3, -0.25) is 4.79 Å². The molecule has 1 rings (SSSR count). The van der Waals surface area contributed by atoms with Crippen molar-refractivity contribution in [2.45, 2.75) is 47.0 Å². The molecule has 0 unspecified atom stereocenters. The highest BCUT2D eigenvalue weighted by Gasteiger charge is 2.15. The number of ether oxygens (including phenoxy) is 1. The van der Waals surface area contributed by atoms with Crippen LogP contribution in [0.3, 0.4) is 0 Å². The lowest BCUT2D eigenvalue weighted by molar-refractivity contribution is -0.133. The molecule has 21 heavy (non-hydrogen) atoms. The van der Waals surface area contributed by atoms with Crippen LogP contribution >= 0.6 is 0 Å². The molecule has 0 saturated carbocycles. The van der Waals surface area contributed by atoms with E-state index < -0.39 is 5.97 Å². The Morgan fingerprint density at radius 1 is 1.19 bits per heavy atom. The standard InChI is InChI=1S/C13H18O2.C4H6O2/c1-9-6-7-11(13(3,4)5)8-12(9)15-10(2)14;1-3(2)4(5)6/h6-8H,1-5H3;1H2,2H3,(H,5,6). The minimum atomic E-state index is -0.935. The summed E-state index contributed by atoms with van der Waals surface area (Å²) in [4.78, 5) is 20.5. The van der Waals surface area contributed by atoms with Crippen LogP contribution in [0.15, 0.2) is 30.4 Å². The zero-order valence-electron chi connectivity index (χ0n) is 13.6. The van der Waals surface area contributed by atoms with Crippen LogP contribution < -0.4 is 4.74 Å². The molecule has 0 aliphatic heterocycles. The number of carboxylic acid groups (broad SMARTS) is 1. The molecule has 0 radical (unpaired) electrons. The molecule has 0 fully saturated rings. The van der Waals surface area contributed by atoms with Gasteiger partial charge in [0.25, 0.3) is 0 Å². The first-order chi connectivity index (χ1) is 9.45. The van der Waals surface area contributed by atoms with E-state index in [1.807, 2.05) is 19.1 Å². The second-order valence-corrected chi connectivity index (χ2v) is 5.91. The normalized spacial score (nSPS) is 10.2. The maximum Gasteiger partial charge on any atom is 0.330 e. The average molecular weight is 292 g/mol. The Hall–Kier alpha value is -2.10. The Balaban J connectivity index is 0.000000567.